The number of hydrogen-bond donors (Lipinski definition) is 0. The topological polar surface area (TPSA) is 28.5 Å². The largest absolute Gasteiger partial charge is 3.00 e. The van der Waals surface area contributed by atoms with E-state index in [1.165, 1.54) is 0 Å². The van der Waals surface area contributed by atoms with Crippen molar-refractivity contribution in [1.29, 1.82) is 0 Å². The first kappa shape index (κ1) is 40.3. The van der Waals surface area contributed by atoms with Gasteiger partial charge in [0.25, 0.3) is 0 Å². The molecule has 0 aliphatic rings. The molecule has 4 heavy (non-hydrogen) atoms. The molecule has 0 unspecified atom stereocenters. The molecule has 0 aromatic carbocycles. The first-order valence-electron chi connectivity index (χ1n) is 0. The molecule has 0 rings (SSSR count). The van der Waals surface area contributed by atoms with E-state index < -0.39 is 0 Å². The van der Waals surface area contributed by atoms with E-state index >= 15 is 0 Å². The van der Waals surface area contributed by atoms with Gasteiger partial charge in [-0.15, -0.1) is 0 Å². The van der Waals surface area contributed by atoms with Gasteiger partial charge < -0.3 is 5.48 Å². The van der Waals surface area contributed by atoms with Crippen LogP contribution in [0, 0.1) is 0 Å². The molecule has 0 amide bonds. The summed E-state index contributed by atoms with van der Waals surface area (Å²) in [6.45, 7) is 0. The van der Waals surface area contributed by atoms with E-state index in [2.05, 4.69) is 0 Å². The summed E-state index contributed by atoms with van der Waals surface area (Å²) in [5.41, 5.74) is 0. The van der Waals surface area contributed by atoms with Gasteiger partial charge in [0.2, 0.25) is 0 Å². The van der Waals surface area contributed by atoms with Crippen LogP contribution in [0.4, 0.5) is 0 Å². The van der Waals surface area contributed by atoms with E-state index in [0.29, 0.717) is 0 Å². The Bertz CT molecular complexity index is 6.00. The third kappa shape index (κ3) is 9.14. The predicted molar refractivity (Wildman–Crippen MR) is 6.44 cm³/mol. The van der Waals surface area contributed by atoms with Crippen molar-refractivity contribution >= 4 is 19.8 Å². The molecule has 0 saturated carbocycles. The Hall–Kier alpha value is 1.84. The summed E-state index contributed by atoms with van der Waals surface area (Å²) >= 11 is 0. The minimum atomic E-state index is 0. The van der Waals surface area contributed by atoms with E-state index in [4.69, 9.17) is 0 Å². The molecule has 0 aliphatic heterocycles. The zero-order chi connectivity index (χ0) is 0. The van der Waals surface area contributed by atoms with Gasteiger partial charge in [-0.05, 0) is 0 Å². The van der Waals surface area contributed by atoms with E-state index in [-0.39, 0.29) is 64.2 Å². The normalized spacial score (nSPS) is 0. The van der Waals surface area contributed by atoms with Crippen molar-refractivity contribution in [3.05, 3.63) is 0 Å². The fourth-order valence-corrected chi connectivity index (χ4v) is 0. The molecule has 0 N–H and O–H groups in total. The van der Waals surface area contributed by atoms with Gasteiger partial charge in [-0.25, -0.2) is 0 Å². The average Bonchev–Trinajstić information content (AvgIpc) is 0. The van der Waals surface area contributed by atoms with Gasteiger partial charge in [0.15, 0.2) is 0 Å². The van der Waals surface area contributed by atoms with Crippen LogP contribution in [0.25, 0.3) is 0 Å². The van der Waals surface area contributed by atoms with Crippen molar-refractivity contribution in [2.75, 3.05) is 0 Å². The Labute approximate surface area is 63.8 Å². The third-order valence-electron chi connectivity index (χ3n) is 0. The smallest absolute Gasteiger partial charge is 2.00 e. The van der Waals surface area contributed by atoms with Crippen LogP contribution >= 0.6 is 0 Å². The van der Waals surface area contributed by atoms with Crippen LogP contribution in [-0.4, -0.2) is 19.8 Å². The van der Waals surface area contributed by atoms with Crippen molar-refractivity contribution in [3.63, 3.8) is 0 Å². The molecule has 1 nitrogen and oxygen atoms in total. The molecule has 0 bridgehead atoms. The van der Waals surface area contributed by atoms with Crippen molar-refractivity contribution in [3.8, 4) is 0 Å². The Morgan fingerprint density at radius 2 is 0.750 bits per heavy atom. The second-order valence-electron chi connectivity index (χ2n) is 0. The van der Waals surface area contributed by atoms with Gasteiger partial charge in [-0.3, -0.25) is 0 Å². The summed E-state index contributed by atoms with van der Waals surface area (Å²) in [6.07, 6.45) is 0. The quantitative estimate of drug-likeness (QED) is 0.489. The maximum absolute atomic E-state index is 0. The third-order valence-corrected chi connectivity index (χ3v) is 0. The molecule has 4 heteroatoms. The van der Waals surface area contributed by atoms with Crippen molar-refractivity contribution in [2.45, 2.75) is 0 Å². The van der Waals surface area contributed by atoms with Crippen molar-refractivity contribution in [2.24, 2.45) is 0 Å². The van der Waals surface area contributed by atoms with Gasteiger partial charge in [0.1, 0.15) is 0 Å². The summed E-state index contributed by atoms with van der Waals surface area (Å²) in [6, 6.07) is 0. The summed E-state index contributed by atoms with van der Waals surface area (Å²) in [5, 5.41) is 0. The minimum Gasteiger partial charge on any atom is -2.00 e. The van der Waals surface area contributed by atoms with Gasteiger partial charge >= 0.3 is 58.7 Å². The monoisotopic (exact) mass is 213 g/mol. The van der Waals surface area contributed by atoms with Crippen LogP contribution in [0.15, 0.2) is 0 Å². The van der Waals surface area contributed by atoms with E-state index in [0.717, 1.165) is 0 Å². The Balaban J connectivity index is 0. The molecule has 0 radical (unpaired) electrons. The molecular formula is GaOZn2+5. The summed E-state index contributed by atoms with van der Waals surface area (Å²) in [4.78, 5) is 0. The average molecular weight is 217 g/mol. The van der Waals surface area contributed by atoms with E-state index in [1.807, 2.05) is 0 Å². The summed E-state index contributed by atoms with van der Waals surface area (Å²) in [7, 11) is 0. The second-order valence-corrected chi connectivity index (χ2v) is 0. The molecular weight excluding hydrogens is 217 g/mol. The predicted octanol–water partition coefficient (Wildman–Crippen LogP) is -0.505. The Morgan fingerprint density at radius 1 is 0.750 bits per heavy atom. The molecule has 0 aromatic rings. The van der Waals surface area contributed by atoms with Crippen LogP contribution in [-0.2, 0) is 44.4 Å². The molecule has 0 fully saturated rings. The van der Waals surface area contributed by atoms with Crippen LogP contribution in [0.2, 0.25) is 0 Å². The van der Waals surface area contributed by atoms with E-state index in [9.17, 15) is 0 Å². The number of hydrogen-bond acceptors (Lipinski definition) is 0. The zero-order valence-electron chi connectivity index (χ0n) is 2.40. The fraction of sp³-hybridized carbons (Fsp3) is 0. The van der Waals surface area contributed by atoms with Gasteiger partial charge in [-0.1, -0.05) is 0 Å². The summed E-state index contributed by atoms with van der Waals surface area (Å²) < 4.78 is 0. The fourth-order valence-electron chi connectivity index (χ4n) is 0. The van der Waals surface area contributed by atoms with Crippen molar-refractivity contribution in [1.82, 2.24) is 0 Å². The Kier molecular flexibility index (Phi) is 212. The standard InChI is InChI=1S/Ga.O.2Zn/q+3;-2;2*+2. The Morgan fingerprint density at radius 3 is 0.750 bits per heavy atom. The van der Waals surface area contributed by atoms with Crippen molar-refractivity contribution < 1.29 is 44.4 Å². The molecule has 0 aliphatic carbocycles. The first-order valence-corrected chi connectivity index (χ1v) is 0. The first-order chi connectivity index (χ1) is 0. The molecule has 0 atom stereocenters. The second kappa shape index (κ2) is 21.1. The van der Waals surface area contributed by atoms with Gasteiger partial charge in [0, 0.05) is 0 Å². The van der Waals surface area contributed by atoms with E-state index in [1.54, 1.807) is 0 Å². The van der Waals surface area contributed by atoms with Crippen LogP contribution in [0.3, 0.4) is 0 Å². The van der Waals surface area contributed by atoms with Gasteiger partial charge in [0.05, 0.1) is 0 Å². The van der Waals surface area contributed by atoms with Crippen LogP contribution in [0.5, 0.6) is 0 Å². The minimum absolute atomic E-state index is 0. The van der Waals surface area contributed by atoms with Gasteiger partial charge in [-0.2, -0.15) is 0 Å². The van der Waals surface area contributed by atoms with Crippen LogP contribution in [0.1, 0.15) is 0 Å². The maximum atomic E-state index is 0. The SMILES string of the molecule is [Ga+3].[O-2].[Zn+2].[Zn+2]. The summed E-state index contributed by atoms with van der Waals surface area (Å²) in [5.74, 6) is 0. The maximum Gasteiger partial charge on any atom is 3.00 e. The molecule has 0 aromatic heterocycles. The number of rotatable bonds is 0. The van der Waals surface area contributed by atoms with Crippen LogP contribution < -0.4 is 0 Å². The molecule has 8 valence electrons. The molecule has 0 spiro atoms. The molecule has 0 saturated heterocycles. The molecule has 0 heterocycles. The zero-order valence-corrected chi connectivity index (χ0v) is 10.8.